The van der Waals surface area contributed by atoms with E-state index in [1.165, 1.54) is 20.8 Å². The van der Waals surface area contributed by atoms with E-state index < -0.39 is 47.8 Å². The number of carbonyl (C=O) groups is 3. The normalized spacial score (nSPS) is 30.2. The molecule has 130 valence electrons. The molecular weight excluding hydrogens is 328 g/mol. The zero-order valence-corrected chi connectivity index (χ0v) is 14.0. The number of ether oxygens (including phenoxy) is 4. The van der Waals surface area contributed by atoms with Crippen molar-refractivity contribution in [3.05, 3.63) is 0 Å². The van der Waals surface area contributed by atoms with Crippen molar-refractivity contribution in [1.29, 1.82) is 5.41 Å². The summed E-state index contributed by atoms with van der Waals surface area (Å²) in [4.78, 5) is 34.0. The number of hydrogen-bond donors (Lipinski definition) is 2. The van der Waals surface area contributed by atoms with Gasteiger partial charge in [0.1, 0.15) is 0 Å². The fraction of sp³-hybridized carbons (Fsp3) is 0.692. The molecule has 5 unspecified atom stereocenters. The molecule has 1 aliphatic rings. The molecule has 23 heavy (non-hydrogen) atoms. The average Bonchev–Trinajstić information content (AvgIpc) is 2.36. The van der Waals surface area contributed by atoms with Gasteiger partial charge < -0.3 is 24.7 Å². The summed E-state index contributed by atoms with van der Waals surface area (Å²) >= 11 is 0.811. The van der Waals surface area contributed by atoms with Crippen LogP contribution in [0.15, 0.2) is 0 Å². The van der Waals surface area contributed by atoms with E-state index >= 15 is 0 Å². The lowest BCUT2D eigenvalue weighted by Crippen LogP contribution is -2.60. The van der Waals surface area contributed by atoms with Crippen molar-refractivity contribution in [3.8, 4) is 0 Å². The van der Waals surface area contributed by atoms with E-state index in [0.717, 1.165) is 11.8 Å². The number of nitrogens with one attached hydrogen (secondary N) is 1. The molecule has 10 heteroatoms. The lowest BCUT2D eigenvalue weighted by atomic mass is 10.00. The number of thioether (sulfide) groups is 1. The van der Waals surface area contributed by atoms with Crippen LogP contribution >= 0.6 is 11.8 Å². The van der Waals surface area contributed by atoms with E-state index in [9.17, 15) is 14.4 Å². The molecule has 0 amide bonds. The van der Waals surface area contributed by atoms with Crippen molar-refractivity contribution >= 4 is 34.8 Å². The van der Waals surface area contributed by atoms with Crippen molar-refractivity contribution in [2.45, 2.75) is 57.5 Å². The zero-order chi connectivity index (χ0) is 17.7. The van der Waals surface area contributed by atoms with Gasteiger partial charge in [-0.2, -0.15) is 0 Å². The zero-order valence-electron chi connectivity index (χ0n) is 13.2. The number of amidine groups is 1. The Labute approximate surface area is 137 Å². The van der Waals surface area contributed by atoms with Gasteiger partial charge in [0.25, 0.3) is 0 Å². The van der Waals surface area contributed by atoms with Gasteiger partial charge in [0, 0.05) is 20.8 Å². The highest BCUT2D eigenvalue weighted by atomic mass is 32.2. The Hall–Kier alpha value is -1.81. The van der Waals surface area contributed by atoms with Crippen LogP contribution in [-0.2, 0) is 33.3 Å². The summed E-state index contributed by atoms with van der Waals surface area (Å²) in [5.74, 6) is -1.87. The molecule has 0 bridgehead atoms. The Kier molecular flexibility index (Phi) is 6.82. The maximum absolute atomic E-state index is 11.4. The molecule has 9 nitrogen and oxygen atoms in total. The van der Waals surface area contributed by atoms with Crippen LogP contribution in [0, 0.1) is 5.41 Å². The SMILES string of the molecule is CC(=O)OC1C(C)OC(SC(=N)N)C(OC(C)=O)C1OC(C)=O. The predicted octanol–water partition coefficient (Wildman–Crippen LogP) is 0.153. The van der Waals surface area contributed by atoms with Crippen LogP contribution in [0.4, 0.5) is 0 Å². The van der Waals surface area contributed by atoms with Crippen molar-refractivity contribution < 1.29 is 33.3 Å². The molecule has 0 aromatic rings. The van der Waals surface area contributed by atoms with Crippen LogP contribution in [0.25, 0.3) is 0 Å². The monoisotopic (exact) mass is 348 g/mol. The van der Waals surface area contributed by atoms with Gasteiger partial charge in [0.15, 0.2) is 28.9 Å². The molecule has 1 heterocycles. The Morgan fingerprint density at radius 1 is 0.957 bits per heavy atom. The molecule has 0 radical (unpaired) electrons. The van der Waals surface area contributed by atoms with Crippen molar-refractivity contribution in [1.82, 2.24) is 0 Å². The molecule has 3 N–H and O–H groups in total. The minimum absolute atomic E-state index is 0.258. The van der Waals surface area contributed by atoms with Crippen LogP contribution in [0.5, 0.6) is 0 Å². The Morgan fingerprint density at radius 3 is 1.83 bits per heavy atom. The fourth-order valence-electron chi connectivity index (χ4n) is 2.19. The first-order valence-electron chi connectivity index (χ1n) is 6.79. The Balaban J connectivity index is 3.15. The summed E-state index contributed by atoms with van der Waals surface area (Å²) in [7, 11) is 0. The molecule has 1 rings (SSSR count). The standard InChI is InChI=1S/C13H20N2O7S/c1-5-9(20-6(2)16)10(21-7(3)17)11(22-8(4)18)12(19-5)23-13(14)15/h5,9-12H,1-4H3,(H3,14,15). The molecule has 0 aliphatic carbocycles. The number of carbonyl (C=O) groups excluding carboxylic acids is 3. The van der Waals surface area contributed by atoms with Crippen molar-refractivity contribution in [2.75, 3.05) is 0 Å². The Bertz CT molecular complexity index is 499. The number of hydrogen-bond acceptors (Lipinski definition) is 9. The second kappa shape index (κ2) is 8.16. The summed E-state index contributed by atoms with van der Waals surface area (Å²) in [6.45, 7) is 5.18. The second-order valence-corrected chi connectivity index (χ2v) is 6.05. The van der Waals surface area contributed by atoms with Crippen LogP contribution in [0.1, 0.15) is 27.7 Å². The predicted molar refractivity (Wildman–Crippen MR) is 80.5 cm³/mol. The van der Waals surface area contributed by atoms with Gasteiger partial charge in [-0.3, -0.25) is 19.8 Å². The maximum atomic E-state index is 11.4. The first-order chi connectivity index (χ1) is 10.6. The number of esters is 3. The summed E-state index contributed by atoms with van der Waals surface area (Å²) < 4.78 is 21.2. The van der Waals surface area contributed by atoms with E-state index in [1.807, 2.05) is 0 Å². The van der Waals surface area contributed by atoms with E-state index in [1.54, 1.807) is 6.92 Å². The Morgan fingerprint density at radius 2 is 1.39 bits per heavy atom. The molecule has 1 aliphatic heterocycles. The third kappa shape index (κ3) is 5.71. The summed E-state index contributed by atoms with van der Waals surface area (Å²) in [6, 6.07) is 0. The van der Waals surface area contributed by atoms with Crippen LogP contribution in [-0.4, -0.2) is 52.9 Å². The highest BCUT2D eigenvalue weighted by Crippen LogP contribution is 2.33. The summed E-state index contributed by atoms with van der Waals surface area (Å²) in [5, 5.41) is 7.11. The summed E-state index contributed by atoms with van der Waals surface area (Å²) in [5.41, 5.74) is 4.48. The van der Waals surface area contributed by atoms with Crippen LogP contribution in [0.3, 0.4) is 0 Å². The fourth-order valence-corrected chi connectivity index (χ4v) is 3.02. The molecule has 0 aromatic heterocycles. The molecule has 5 atom stereocenters. The lowest BCUT2D eigenvalue weighted by molar-refractivity contribution is -0.228. The molecule has 0 aromatic carbocycles. The summed E-state index contributed by atoms with van der Waals surface area (Å²) in [6.07, 6.45) is -3.76. The van der Waals surface area contributed by atoms with E-state index in [-0.39, 0.29) is 5.17 Å². The number of nitrogens with two attached hydrogens (primary N) is 1. The highest BCUT2D eigenvalue weighted by Gasteiger charge is 2.50. The first kappa shape index (κ1) is 19.2. The lowest BCUT2D eigenvalue weighted by Gasteiger charge is -2.43. The molecule has 0 saturated carbocycles. The van der Waals surface area contributed by atoms with Crippen molar-refractivity contribution in [3.63, 3.8) is 0 Å². The smallest absolute Gasteiger partial charge is 0.303 e. The van der Waals surface area contributed by atoms with Gasteiger partial charge in [-0.15, -0.1) is 0 Å². The highest BCUT2D eigenvalue weighted by molar-refractivity contribution is 8.14. The minimum Gasteiger partial charge on any atom is -0.456 e. The van der Waals surface area contributed by atoms with E-state index in [0.29, 0.717) is 0 Å². The van der Waals surface area contributed by atoms with Gasteiger partial charge in [0.05, 0.1) is 6.10 Å². The van der Waals surface area contributed by atoms with Crippen molar-refractivity contribution in [2.24, 2.45) is 5.73 Å². The third-order valence-corrected chi connectivity index (χ3v) is 3.74. The van der Waals surface area contributed by atoms with Crippen LogP contribution < -0.4 is 5.73 Å². The first-order valence-corrected chi connectivity index (χ1v) is 7.67. The minimum atomic E-state index is -1.08. The molecule has 1 fully saturated rings. The van der Waals surface area contributed by atoms with Gasteiger partial charge in [-0.05, 0) is 6.92 Å². The van der Waals surface area contributed by atoms with E-state index in [4.69, 9.17) is 30.1 Å². The molecular formula is C13H20N2O7S. The van der Waals surface area contributed by atoms with Gasteiger partial charge in [0.2, 0.25) is 0 Å². The van der Waals surface area contributed by atoms with Gasteiger partial charge in [-0.25, -0.2) is 0 Å². The topological polar surface area (TPSA) is 138 Å². The largest absolute Gasteiger partial charge is 0.456 e. The second-order valence-electron chi connectivity index (χ2n) is 4.91. The maximum Gasteiger partial charge on any atom is 0.303 e. The van der Waals surface area contributed by atoms with Gasteiger partial charge >= 0.3 is 17.9 Å². The van der Waals surface area contributed by atoms with E-state index in [2.05, 4.69) is 0 Å². The number of rotatable bonds is 4. The third-order valence-electron chi connectivity index (χ3n) is 2.88. The van der Waals surface area contributed by atoms with Crippen LogP contribution in [0.2, 0.25) is 0 Å². The molecule has 1 saturated heterocycles. The average molecular weight is 348 g/mol. The van der Waals surface area contributed by atoms with Gasteiger partial charge in [-0.1, -0.05) is 11.8 Å². The molecule has 0 spiro atoms. The quantitative estimate of drug-likeness (QED) is 0.314.